The van der Waals surface area contributed by atoms with E-state index in [0.717, 1.165) is 4.57 Å². The lowest BCUT2D eigenvalue weighted by Gasteiger charge is -2.53. The number of carbonyl (C=O) groups excluding carboxylic acids is 2. The number of phenolic OH excluding ortho intramolecular Hbond substituents is 1. The quantitative estimate of drug-likeness (QED) is 0.284. The molecule has 1 fully saturated rings. The molecule has 1 aliphatic heterocycles. The van der Waals surface area contributed by atoms with Crippen molar-refractivity contribution in [3.05, 3.63) is 95.7 Å². The Balaban J connectivity index is 1.32. The molecular weight excluding hydrogens is 658 g/mol. The molecule has 266 valence electrons. The van der Waals surface area contributed by atoms with E-state index in [2.05, 4.69) is 4.98 Å². The predicted molar refractivity (Wildman–Crippen MR) is 186 cm³/mol. The standard InChI is InChI=1S/C37H39N5O9/c1-18-19(2)33(45)37(3)23(32(18)44)15-26-21(31(37)22-14-20(49-5)8-9-28(22)43)10-13-41-35(47)40(36(48)42(26)41)12-11-24-34(46)39(4)27-17-30(51-7)29(50-6)16-25(27)38-24/h8-10,14,16-17,23,26,31,43H,11-13,15H2,1-7H3/t23-,26+,31+,37+/m0/s1. The lowest BCUT2D eigenvalue weighted by molar-refractivity contribution is -0.140. The van der Waals surface area contributed by atoms with Gasteiger partial charge in [-0.15, -0.1) is 0 Å². The van der Waals surface area contributed by atoms with Gasteiger partial charge in [0.25, 0.3) is 5.56 Å². The van der Waals surface area contributed by atoms with Crippen LogP contribution in [0.15, 0.2) is 67.5 Å². The number of rotatable bonds is 7. The van der Waals surface area contributed by atoms with Crippen LogP contribution >= 0.6 is 0 Å². The molecule has 4 atom stereocenters. The average molecular weight is 698 g/mol. The number of ether oxygens (including phenoxy) is 3. The van der Waals surface area contributed by atoms with Gasteiger partial charge in [-0.1, -0.05) is 13.0 Å². The molecule has 2 aromatic carbocycles. The van der Waals surface area contributed by atoms with Crippen LogP contribution in [0.2, 0.25) is 0 Å². The number of allylic oxidation sites excluding steroid dienone is 4. The van der Waals surface area contributed by atoms with Crippen molar-refractivity contribution < 1.29 is 28.9 Å². The Bertz CT molecular complexity index is 2430. The number of aromatic hydroxyl groups is 1. The largest absolute Gasteiger partial charge is 0.508 e. The molecule has 3 aliphatic rings. The smallest absolute Gasteiger partial charge is 0.347 e. The molecule has 1 saturated carbocycles. The number of aromatic nitrogens is 5. The summed E-state index contributed by atoms with van der Waals surface area (Å²) in [5, 5.41) is 11.2. The van der Waals surface area contributed by atoms with Gasteiger partial charge in [0.05, 0.1) is 50.4 Å². The van der Waals surface area contributed by atoms with E-state index in [-0.39, 0.29) is 54.5 Å². The van der Waals surface area contributed by atoms with Crippen molar-refractivity contribution in [1.29, 1.82) is 0 Å². The van der Waals surface area contributed by atoms with Crippen LogP contribution in [0.5, 0.6) is 23.0 Å². The normalized spacial score (nSPS) is 22.7. The van der Waals surface area contributed by atoms with E-state index in [0.29, 0.717) is 50.6 Å². The van der Waals surface area contributed by atoms with E-state index >= 15 is 0 Å². The molecule has 0 radical (unpaired) electrons. The van der Waals surface area contributed by atoms with Crippen LogP contribution < -0.4 is 31.1 Å². The van der Waals surface area contributed by atoms with Gasteiger partial charge in [0.2, 0.25) is 0 Å². The lowest BCUT2D eigenvalue weighted by atomic mass is 9.50. The van der Waals surface area contributed by atoms with Crippen LogP contribution in [-0.4, -0.2) is 61.5 Å². The molecule has 0 unspecified atom stereocenters. The first-order valence-corrected chi connectivity index (χ1v) is 16.6. The molecule has 2 aliphatic carbocycles. The van der Waals surface area contributed by atoms with Gasteiger partial charge in [-0.3, -0.25) is 14.4 Å². The monoisotopic (exact) mass is 697 g/mol. The van der Waals surface area contributed by atoms with Crippen LogP contribution in [0, 0.1) is 11.3 Å². The molecule has 51 heavy (non-hydrogen) atoms. The van der Waals surface area contributed by atoms with Gasteiger partial charge < -0.3 is 23.9 Å². The maximum atomic E-state index is 14.3. The highest BCUT2D eigenvalue weighted by atomic mass is 16.5. The molecule has 14 nitrogen and oxygen atoms in total. The zero-order valence-corrected chi connectivity index (χ0v) is 29.5. The van der Waals surface area contributed by atoms with Gasteiger partial charge in [0.15, 0.2) is 23.1 Å². The maximum Gasteiger partial charge on any atom is 0.347 e. The number of ketones is 2. The Hall–Kier alpha value is -5.66. The summed E-state index contributed by atoms with van der Waals surface area (Å²) in [5.41, 5.74) is 0.0635. The predicted octanol–water partition coefficient (Wildman–Crippen LogP) is 2.81. The van der Waals surface area contributed by atoms with Crippen LogP contribution in [0.25, 0.3) is 11.0 Å². The van der Waals surface area contributed by atoms with Gasteiger partial charge in [-0.05, 0) is 55.2 Å². The summed E-state index contributed by atoms with van der Waals surface area (Å²) in [7, 11) is 6.09. The minimum absolute atomic E-state index is 0.0155. The summed E-state index contributed by atoms with van der Waals surface area (Å²) in [6, 6.07) is 7.29. The fourth-order valence-electron chi connectivity index (χ4n) is 8.40. The summed E-state index contributed by atoms with van der Waals surface area (Å²) in [5.74, 6) is -0.827. The fourth-order valence-corrected chi connectivity index (χ4v) is 8.40. The van der Waals surface area contributed by atoms with Crippen molar-refractivity contribution in [2.45, 2.75) is 58.7 Å². The number of hydrogen-bond acceptors (Lipinski definition) is 10. The highest BCUT2D eigenvalue weighted by molar-refractivity contribution is 6.15. The van der Waals surface area contributed by atoms with Crippen molar-refractivity contribution in [3.63, 3.8) is 0 Å². The zero-order chi connectivity index (χ0) is 36.7. The summed E-state index contributed by atoms with van der Waals surface area (Å²) in [6.45, 7) is 4.92. The number of benzene rings is 2. The van der Waals surface area contributed by atoms with Crippen molar-refractivity contribution >= 4 is 22.6 Å². The molecule has 0 saturated heterocycles. The van der Waals surface area contributed by atoms with E-state index in [1.54, 1.807) is 52.1 Å². The van der Waals surface area contributed by atoms with Gasteiger partial charge in [-0.2, -0.15) is 0 Å². The molecular formula is C37H39N5O9. The van der Waals surface area contributed by atoms with Gasteiger partial charge >= 0.3 is 11.4 Å². The van der Waals surface area contributed by atoms with Crippen LogP contribution in [0.4, 0.5) is 0 Å². The second-order valence-corrected chi connectivity index (χ2v) is 13.6. The SMILES string of the molecule is COc1ccc(O)c([C@H]2C3=CCn4c(=O)n(CCc5nc6cc(OC)c(OC)cc6n(C)c5=O)c(=O)n4[C@@H]3C[C@H]3C(=O)C(C)=C(C)C(=O)[C@@]23C)c1. The number of nitrogens with zero attached hydrogens (tertiary/aromatic N) is 5. The summed E-state index contributed by atoms with van der Waals surface area (Å²) in [6.07, 6.45) is 1.90. The van der Waals surface area contributed by atoms with Crippen molar-refractivity contribution in [2.75, 3.05) is 21.3 Å². The summed E-state index contributed by atoms with van der Waals surface area (Å²) in [4.78, 5) is 74.3. The van der Waals surface area contributed by atoms with E-state index in [4.69, 9.17) is 14.2 Å². The Morgan fingerprint density at radius 1 is 0.941 bits per heavy atom. The van der Waals surface area contributed by atoms with Crippen LogP contribution in [0.3, 0.4) is 0 Å². The molecule has 14 heteroatoms. The summed E-state index contributed by atoms with van der Waals surface area (Å²) < 4.78 is 21.5. The molecule has 4 aromatic rings. The Morgan fingerprint density at radius 2 is 1.65 bits per heavy atom. The van der Waals surface area contributed by atoms with E-state index in [9.17, 15) is 29.1 Å². The highest BCUT2D eigenvalue weighted by Crippen LogP contribution is 2.61. The molecule has 3 heterocycles. The molecule has 2 aromatic heterocycles. The van der Waals surface area contributed by atoms with E-state index < -0.39 is 34.7 Å². The molecule has 0 spiro atoms. The number of phenols is 1. The first-order valence-electron chi connectivity index (χ1n) is 16.6. The third kappa shape index (κ3) is 4.75. The third-order valence-electron chi connectivity index (χ3n) is 11.3. The minimum atomic E-state index is -1.28. The number of carbonyl (C=O) groups is 2. The highest BCUT2D eigenvalue weighted by Gasteiger charge is 2.61. The topological polar surface area (TPSA) is 166 Å². The van der Waals surface area contributed by atoms with Crippen molar-refractivity contribution in [2.24, 2.45) is 18.4 Å². The lowest BCUT2D eigenvalue weighted by Crippen LogP contribution is -2.55. The summed E-state index contributed by atoms with van der Waals surface area (Å²) >= 11 is 0. The third-order valence-corrected chi connectivity index (χ3v) is 11.3. The van der Waals surface area contributed by atoms with E-state index in [1.807, 2.05) is 6.08 Å². The number of fused-ring (bicyclic) bond motifs is 5. The first-order chi connectivity index (χ1) is 24.3. The first kappa shape index (κ1) is 33.8. The second-order valence-electron chi connectivity index (χ2n) is 13.6. The average Bonchev–Trinajstić information content (AvgIpc) is 3.38. The Morgan fingerprint density at radius 3 is 2.33 bits per heavy atom. The second kappa shape index (κ2) is 12.0. The Labute approximate surface area is 291 Å². The van der Waals surface area contributed by atoms with E-state index in [1.165, 1.54) is 41.3 Å². The molecule has 1 N–H and O–H groups in total. The number of aryl methyl sites for hydroxylation is 2. The van der Waals surface area contributed by atoms with Gasteiger partial charge in [-0.25, -0.2) is 28.5 Å². The van der Waals surface area contributed by atoms with Gasteiger partial charge in [0, 0.05) is 49.5 Å². The maximum absolute atomic E-state index is 14.3. The number of hydrogen-bond donors (Lipinski definition) is 1. The zero-order valence-electron chi connectivity index (χ0n) is 29.5. The fraction of sp³-hybridized carbons (Fsp3) is 0.405. The molecule has 7 rings (SSSR count). The van der Waals surface area contributed by atoms with Gasteiger partial charge in [0.1, 0.15) is 17.2 Å². The number of methoxy groups -OCH3 is 3. The molecule has 0 bridgehead atoms. The van der Waals surface area contributed by atoms with Crippen LogP contribution in [-0.2, 0) is 36.1 Å². The number of Topliss-reactive ketones (excluding diaryl/α,β-unsaturated/α-hetero) is 2. The minimum Gasteiger partial charge on any atom is -0.508 e. The van der Waals surface area contributed by atoms with Crippen molar-refractivity contribution in [3.8, 4) is 23.0 Å². The van der Waals surface area contributed by atoms with Crippen LogP contribution in [0.1, 0.15) is 50.4 Å². The van der Waals surface area contributed by atoms with Crippen molar-refractivity contribution in [1.82, 2.24) is 23.5 Å². The Kier molecular flexibility index (Phi) is 7.95. The molecule has 0 amide bonds.